The average molecular weight is 303 g/mol. The lowest BCUT2D eigenvalue weighted by atomic mass is 10.1. The van der Waals surface area contributed by atoms with E-state index in [1.165, 1.54) is 24.1 Å². The Morgan fingerprint density at radius 3 is 3.00 bits per heavy atom. The van der Waals surface area contributed by atoms with E-state index in [4.69, 9.17) is 15.5 Å². The van der Waals surface area contributed by atoms with Crippen LogP contribution in [0.1, 0.15) is 29.0 Å². The summed E-state index contributed by atoms with van der Waals surface area (Å²) < 4.78 is 5.24. The monoisotopic (exact) mass is 303 g/mol. The molecule has 2 N–H and O–H groups in total. The highest BCUT2D eigenvalue weighted by Crippen LogP contribution is 2.36. The van der Waals surface area contributed by atoms with Crippen molar-refractivity contribution in [3.63, 3.8) is 0 Å². The van der Waals surface area contributed by atoms with E-state index < -0.39 is 0 Å². The van der Waals surface area contributed by atoms with Crippen LogP contribution >= 0.6 is 11.3 Å². The quantitative estimate of drug-likeness (QED) is 0.942. The van der Waals surface area contributed by atoms with Crippen LogP contribution < -0.4 is 10.6 Å². The molecule has 0 fully saturated rings. The normalized spacial score (nSPS) is 14.9. The van der Waals surface area contributed by atoms with Crippen LogP contribution in [0.4, 0.5) is 10.8 Å². The largest absolute Gasteiger partial charge is 0.378 e. The Hall–Kier alpha value is -1.43. The summed E-state index contributed by atoms with van der Waals surface area (Å²) in [6, 6.07) is 8.64. The molecule has 0 radical (unpaired) electrons. The number of para-hydroxylation sites is 1. The summed E-state index contributed by atoms with van der Waals surface area (Å²) in [6.07, 6.45) is 3.56. The van der Waals surface area contributed by atoms with Crippen molar-refractivity contribution in [3.05, 3.63) is 40.4 Å². The lowest BCUT2D eigenvalue weighted by Crippen LogP contribution is -2.17. The molecule has 1 aliphatic heterocycles. The molecule has 0 unspecified atom stereocenters. The van der Waals surface area contributed by atoms with E-state index in [2.05, 4.69) is 29.2 Å². The van der Waals surface area contributed by atoms with Gasteiger partial charge in [-0.2, -0.15) is 0 Å². The van der Waals surface area contributed by atoms with Gasteiger partial charge in [0, 0.05) is 30.8 Å². The molecule has 0 amide bonds. The van der Waals surface area contributed by atoms with Gasteiger partial charge in [-0.25, -0.2) is 4.98 Å². The molecule has 4 nitrogen and oxygen atoms in total. The summed E-state index contributed by atoms with van der Waals surface area (Å²) in [5.41, 5.74) is 9.52. The second-order valence-electron chi connectivity index (χ2n) is 5.24. The number of aryl methyl sites for hydroxylation is 1. The summed E-state index contributed by atoms with van der Waals surface area (Å²) in [5.74, 6) is 0. The molecule has 1 aromatic heterocycles. The van der Waals surface area contributed by atoms with Gasteiger partial charge in [-0.05, 0) is 30.9 Å². The Kier molecular flexibility index (Phi) is 4.53. The summed E-state index contributed by atoms with van der Waals surface area (Å²) in [7, 11) is 1.69. The highest BCUT2D eigenvalue weighted by atomic mass is 32.1. The number of aromatic nitrogens is 1. The van der Waals surface area contributed by atoms with Crippen molar-refractivity contribution in [3.8, 4) is 0 Å². The van der Waals surface area contributed by atoms with Crippen molar-refractivity contribution >= 4 is 22.2 Å². The molecule has 0 saturated heterocycles. The van der Waals surface area contributed by atoms with Crippen LogP contribution in [-0.4, -0.2) is 18.6 Å². The first-order chi connectivity index (χ1) is 10.3. The predicted molar refractivity (Wildman–Crippen MR) is 87.1 cm³/mol. The maximum absolute atomic E-state index is 5.85. The van der Waals surface area contributed by atoms with Crippen molar-refractivity contribution in [1.82, 2.24) is 4.98 Å². The molecule has 0 aliphatic carbocycles. The molecule has 2 aromatic rings. The lowest BCUT2D eigenvalue weighted by molar-refractivity contribution is 0.181. The van der Waals surface area contributed by atoms with Crippen molar-refractivity contribution < 1.29 is 4.74 Å². The van der Waals surface area contributed by atoms with Crippen molar-refractivity contribution in [2.75, 3.05) is 18.6 Å². The van der Waals surface area contributed by atoms with E-state index in [0.29, 0.717) is 13.2 Å². The molecular weight excluding hydrogens is 282 g/mol. The molecule has 1 aromatic carbocycles. The number of benzene rings is 1. The SMILES string of the molecule is COCc1nc(N2CCCCc3ccccc32)sc1CN. The van der Waals surface area contributed by atoms with E-state index in [0.717, 1.165) is 28.7 Å². The third-order valence-corrected chi connectivity index (χ3v) is 4.97. The first-order valence-electron chi connectivity index (χ1n) is 7.36. The van der Waals surface area contributed by atoms with Gasteiger partial charge in [0.2, 0.25) is 0 Å². The molecule has 21 heavy (non-hydrogen) atoms. The summed E-state index contributed by atoms with van der Waals surface area (Å²) in [6.45, 7) is 2.06. The molecule has 0 atom stereocenters. The third kappa shape index (κ3) is 2.95. The van der Waals surface area contributed by atoms with Gasteiger partial charge in [-0.1, -0.05) is 29.5 Å². The highest BCUT2D eigenvalue weighted by Gasteiger charge is 2.20. The fraction of sp³-hybridized carbons (Fsp3) is 0.438. The number of thiazole rings is 1. The van der Waals surface area contributed by atoms with Crippen molar-refractivity contribution in [1.29, 1.82) is 0 Å². The molecule has 2 heterocycles. The topological polar surface area (TPSA) is 51.4 Å². The molecule has 0 saturated carbocycles. The van der Waals surface area contributed by atoms with Gasteiger partial charge in [0.05, 0.1) is 12.3 Å². The molecule has 1 aliphatic rings. The fourth-order valence-electron chi connectivity index (χ4n) is 2.78. The molecular formula is C16H21N3OS. The van der Waals surface area contributed by atoms with Crippen LogP contribution in [0, 0.1) is 0 Å². The number of nitrogens with two attached hydrogens (primary N) is 1. The second-order valence-corrected chi connectivity index (χ2v) is 6.30. The lowest BCUT2D eigenvalue weighted by Gasteiger charge is -2.21. The fourth-order valence-corrected chi connectivity index (χ4v) is 3.77. The number of anilines is 2. The second kappa shape index (κ2) is 6.56. The molecule has 3 rings (SSSR count). The smallest absolute Gasteiger partial charge is 0.190 e. The van der Waals surface area contributed by atoms with Gasteiger partial charge in [-0.3, -0.25) is 0 Å². The van der Waals surface area contributed by atoms with Gasteiger partial charge in [-0.15, -0.1) is 0 Å². The standard InChI is InChI=1S/C16H21N3OS/c1-20-11-13-15(10-17)21-16(18-13)19-9-5-4-7-12-6-2-3-8-14(12)19/h2-3,6,8H,4-5,7,9-11,17H2,1H3. The number of fused-ring (bicyclic) bond motifs is 1. The number of ether oxygens (including phenoxy) is 1. The van der Waals surface area contributed by atoms with Gasteiger partial charge in [0.25, 0.3) is 0 Å². The minimum Gasteiger partial charge on any atom is -0.378 e. The molecule has 0 bridgehead atoms. The zero-order valence-corrected chi connectivity index (χ0v) is 13.2. The first kappa shape index (κ1) is 14.5. The number of hydrogen-bond acceptors (Lipinski definition) is 5. The number of rotatable bonds is 4. The van der Waals surface area contributed by atoms with Gasteiger partial charge >= 0.3 is 0 Å². The maximum atomic E-state index is 5.85. The average Bonchev–Trinajstić information content (AvgIpc) is 2.78. The number of nitrogens with zero attached hydrogens (tertiary/aromatic N) is 2. The van der Waals surface area contributed by atoms with Crippen LogP contribution in [-0.2, 0) is 24.3 Å². The van der Waals surface area contributed by atoms with Crippen molar-refractivity contribution in [2.24, 2.45) is 5.73 Å². The predicted octanol–water partition coefficient (Wildman–Crippen LogP) is 3.22. The minimum absolute atomic E-state index is 0.520. The number of methoxy groups -OCH3 is 1. The number of hydrogen-bond donors (Lipinski definition) is 1. The van der Waals surface area contributed by atoms with E-state index in [9.17, 15) is 0 Å². The Labute approximate surface area is 129 Å². The van der Waals surface area contributed by atoms with E-state index in [1.807, 2.05) is 0 Å². The van der Waals surface area contributed by atoms with Crippen LogP contribution in [0.15, 0.2) is 24.3 Å². The summed E-state index contributed by atoms with van der Waals surface area (Å²) in [4.78, 5) is 8.23. The summed E-state index contributed by atoms with van der Waals surface area (Å²) in [5, 5.41) is 1.04. The minimum atomic E-state index is 0.520. The first-order valence-corrected chi connectivity index (χ1v) is 8.18. The highest BCUT2D eigenvalue weighted by molar-refractivity contribution is 7.15. The Morgan fingerprint density at radius 1 is 1.33 bits per heavy atom. The Morgan fingerprint density at radius 2 is 2.19 bits per heavy atom. The van der Waals surface area contributed by atoms with E-state index in [1.54, 1.807) is 18.4 Å². The van der Waals surface area contributed by atoms with Gasteiger partial charge < -0.3 is 15.4 Å². The third-order valence-electron chi connectivity index (χ3n) is 3.82. The molecule has 5 heteroatoms. The van der Waals surface area contributed by atoms with E-state index >= 15 is 0 Å². The molecule has 112 valence electrons. The van der Waals surface area contributed by atoms with Gasteiger partial charge in [0.15, 0.2) is 5.13 Å². The Balaban J connectivity index is 1.99. The van der Waals surface area contributed by atoms with Crippen LogP contribution in [0.25, 0.3) is 0 Å². The molecule has 0 spiro atoms. The zero-order chi connectivity index (χ0) is 14.7. The van der Waals surface area contributed by atoms with Crippen molar-refractivity contribution in [2.45, 2.75) is 32.4 Å². The Bertz CT molecular complexity index is 611. The summed E-state index contributed by atoms with van der Waals surface area (Å²) >= 11 is 1.69. The van der Waals surface area contributed by atoms with Gasteiger partial charge in [0.1, 0.15) is 0 Å². The van der Waals surface area contributed by atoms with Crippen LogP contribution in [0.5, 0.6) is 0 Å². The maximum Gasteiger partial charge on any atom is 0.190 e. The van der Waals surface area contributed by atoms with Crippen LogP contribution in [0.3, 0.4) is 0 Å². The van der Waals surface area contributed by atoms with E-state index in [-0.39, 0.29) is 0 Å². The van der Waals surface area contributed by atoms with Crippen LogP contribution in [0.2, 0.25) is 0 Å². The zero-order valence-electron chi connectivity index (χ0n) is 12.3.